The van der Waals surface area contributed by atoms with E-state index in [0.717, 1.165) is 11.5 Å². The summed E-state index contributed by atoms with van der Waals surface area (Å²) in [6.45, 7) is 2.37. The lowest BCUT2D eigenvalue weighted by atomic mass is 10.2. The van der Waals surface area contributed by atoms with E-state index in [0.29, 0.717) is 6.54 Å². The first-order chi connectivity index (χ1) is 13.0. The molecule has 0 aliphatic heterocycles. The molecule has 0 fully saturated rings. The highest BCUT2D eigenvalue weighted by atomic mass is 32.2. The molecule has 2 aromatic carbocycles. The van der Waals surface area contributed by atoms with Gasteiger partial charge in [-0.1, -0.05) is 35.9 Å². The van der Waals surface area contributed by atoms with Gasteiger partial charge in [-0.25, -0.2) is 0 Å². The third-order valence-corrected chi connectivity index (χ3v) is 4.72. The van der Waals surface area contributed by atoms with Gasteiger partial charge in [0.25, 0.3) is 11.6 Å². The zero-order valence-corrected chi connectivity index (χ0v) is 15.8. The van der Waals surface area contributed by atoms with Crippen molar-refractivity contribution in [3.05, 3.63) is 75.3 Å². The highest BCUT2D eigenvalue weighted by Crippen LogP contribution is 2.13. The minimum atomic E-state index is -0.572. The second kappa shape index (κ2) is 10.3. The summed E-state index contributed by atoms with van der Waals surface area (Å²) in [5, 5.41) is 15.9. The number of non-ortho nitro benzene ring substituents is 1. The molecule has 2 N–H and O–H groups in total. The molecule has 0 bridgehead atoms. The third-order valence-electron chi connectivity index (χ3n) is 3.69. The monoisotopic (exact) mass is 387 g/mol. The van der Waals surface area contributed by atoms with Gasteiger partial charge in [0.1, 0.15) is 0 Å². The molecule has 8 heteroatoms. The highest BCUT2D eigenvalue weighted by Gasteiger charge is 2.12. The Morgan fingerprint density at radius 3 is 2.56 bits per heavy atom. The Hall–Kier alpha value is -2.87. The summed E-state index contributed by atoms with van der Waals surface area (Å²) in [5.74, 6) is 0.810. The smallest absolute Gasteiger partial charge is 0.270 e. The van der Waals surface area contributed by atoms with Crippen LogP contribution in [0.4, 0.5) is 5.69 Å². The first-order valence-corrected chi connectivity index (χ1v) is 9.54. The maximum atomic E-state index is 12.0. The molecule has 7 nitrogen and oxygen atoms in total. The molecule has 0 aliphatic rings. The van der Waals surface area contributed by atoms with E-state index in [9.17, 15) is 19.7 Å². The number of carbonyl (C=O) groups is 2. The number of aryl methyl sites for hydroxylation is 1. The Bertz CT molecular complexity index is 809. The van der Waals surface area contributed by atoms with E-state index in [2.05, 4.69) is 34.9 Å². The summed E-state index contributed by atoms with van der Waals surface area (Å²) in [7, 11) is 0. The number of hydrogen-bond acceptors (Lipinski definition) is 5. The van der Waals surface area contributed by atoms with Crippen molar-refractivity contribution in [3.8, 4) is 0 Å². The van der Waals surface area contributed by atoms with Gasteiger partial charge in [0.2, 0.25) is 5.91 Å². The number of rotatable bonds is 9. The van der Waals surface area contributed by atoms with Crippen molar-refractivity contribution in [3.63, 3.8) is 0 Å². The molecule has 0 unspecified atom stereocenters. The minimum absolute atomic E-state index is 0.144. The highest BCUT2D eigenvalue weighted by molar-refractivity contribution is 7.98. The average Bonchev–Trinajstić information content (AvgIpc) is 2.67. The van der Waals surface area contributed by atoms with Crippen LogP contribution in [0, 0.1) is 17.0 Å². The first-order valence-electron chi connectivity index (χ1n) is 8.38. The van der Waals surface area contributed by atoms with Gasteiger partial charge in [-0.05, 0) is 18.6 Å². The summed E-state index contributed by atoms with van der Waals surface area (Å²) in [4.78, 5) is 33.9. The van der Waals surface area contributed by atoms with E-state index in [1.54, 1.807) is 11.8 Å². The van der Waals surface area contributed by atoms with Gasteiger partial charge in [0.05, 0.1) is 11.5 Å². The fraction of sp³-hybridized carbons (Fsp3) is 0.263. The molecule has 2 rings (SSSR count). The maximum Gasteiger partial charge on any atom is 0.270 e. The fourth-order valence-electron chi connectivity index (χ4n) is 2.22. The van der Waals surface area contributed by atoms with Crippen LogP contribution in [-0.4, -0.2) is 35.6 Å². The normalized spacial score (nSPS) is 10.3. The summed E-state index contributed by atoms with van der Waals surface area (Å²) in [5.41, 5.74) is 2.44. The lowest BCUT2D eigenvalue weighted by Gasteiger charge is -2.07. The predicted molar refractivity (Wildman–Crippen MR) is 106 cm³/mol. The van der Waals surface area contributed by atoms with Crippen LogP contribution >= 0.6 is 11.8 Å². The van der Waals surface area contributed by atoms with Crippen LogP contribution in [0.2, 0.25) is 0 Å². The molecule has 0 heterocycles. The van der Waals surface area contributed by atoms with Crippen molar-refractivity contribution in [2.24, 2.45) is 0 Å². The molecule has 0 saturated carbocycles. The number of carbonyl (C=O) groups excluding carboxylic acids is 2. The standard InChI is InChI=1S/C19H21N3O4S/c1-14-5-7-15(8-6-14)13-27-10-9-20-18(23)12-21-19(24)16-3-2-4-17(11-16)22(25)26/h2-8,11H,9-10,12-13H2,1H3,(H,20,23)(H,21,24). The van der Waals surface area contributed by atoms with Crippen LogP contribution in [0.1, 0.15) is 21.5 Å². The zero-order chi connectivity index (χ0) is 19.6. The molecule has 27 heavy (non-hydrogen) atoms. The van der Waals surface area contributed by atoms with Gasteiger partial charge in [0, 0.05) is 35.7 Å². The van der Waals surface area contributed by atoms with Crippen LogP contribution in [0.15, 0.2) is 48.5 Å². The molecular formula is C19H21N3O4S. The van der Waals surface area contributed by atoms with Gasteiger partial charge in [-0.2, -0.15) is 11.8 Å². The van der Waals surface area contributed by atoms with E-state index in [4.69, 9.17) is 0 Å². The zero-order valence-electron chi connectivity index (χ0n) is 14.9. The third kappa shape index (κ3) is 7.10. The molecule has 0 saturated heterocycles. The van der Waals surface area contributed by atoms with E-state index >= 15 is 0 Å². The van der Waals surface area contributed by atoms with Crippen LogP contribution in [0.5, 0.6) is 0 Å². The summed E-state index contributed by atoms with van der Waals surface area (Å²) in [6.07, 6.45) is 0. The summed E-state index contributed by atoms with van der Waals surface area (Å²) in [6, 6.07) is 13.7. The van der Waals surface area contributed by atoms with Gasteiger partial charge in [-0.15, -0.1) is 0 Å². The Labute approximate surface area is 161 Å². The molecule has 2 amide bonds. The fourth-order valence-corrected chi connectivity index (χ4v) is 3.04. The maximum absolute atomic E-state index is 12.0. The molecule has 0 spiro atoms. The van der Waals surface area contributed by atoms with Crippen molar-refractivity contribution >= 4 is 29.3 Å². The van der Waals surface area contributed by atoms with Crippen molar-refractivity contribution in [2.45, 2.75) is 12.7 Å². The number of benzene rings is 2. The second-order valence-corrected chi connectivity index (χ2v) is 6.98. The Morgan fingerprint density at radius 1 is 1.11 bits per heavy atom. The van der Waals surface area contributed by atoms with Crippen LogP contribution < -0.4 is 10.6 Å². The lowest BCUT2D eigenvalue weighted by molar-refractivity contribution is -0.384. The number of nitrogens with zero attached hydrogens (tertiary/aromatic N) is 1. The van der Waals surface area contributed by atoms with Gasteiger partial charge >= 0.3 is 0 Å². The lowest BCUT2D eigenvalue weighted by Crippen LogP contribution is -2.37. The molecule has 0 aromatic heterocycles. The molecule has 2 aromatic rings. The number of nitrogens with one attached hydrogen (secondary N) is 2. The molecule has 142 valence electrons. The number of thioether (sulfide) groups is 1. The molecule has 0 radical (unpaired) electrons. The number of nitro benzene ring substituents is 1. The van der Waals surface area contributed by atoms with Gasteiger partial charge < -0.3 is 10.6 Å². The van der Waals surface area contributed by atoms with Crippen LogP contribution in [0.25, 0.3) is 0 Å². The molecule has 0 atom stereocenters. The number of nitro groups is 1. The number of hydrogen-bond donors (Lipinski definition) is 2. The van der Waals surface area contributed by atoms with Crippen molar-refractivity contribution in [1.29, 1.82) is 0 Å². The minimum Gasteiger partial charge on any atom is -0.354 e. The SMILES string of the molecule is Cc1ccc(CSCCNC(=O)CNC(=O)c2cccc([N+](=O)[O-])c2)cc1. The van der Waals surface area contributed by atoms with Crippen molar-refractivity contribution < 1.29 is 14.5 Å². The Morgan fingerprint density at radius 2 is 1.85 bits per heavy atom. The number of amides is 2. The molecular weight excluding hydrogens is 366 g/mol. The topological polar surface area (TPSA) is 101 Å². The average molecular weight is 387 g/mol. The first kappa shape index (κ1) is 20.4. The van der Waals surface area contributed by atoms with E-state index in [1.165, 1.54) is 35.4 Å². The van der Waals surface area contributed by atoms with Crippen molar-refractivity contribution in [2.75, 3.05) is 18.8 Å². The van der Waals surface area contributed by atoms with E-state index < -0.39 is 10.8 Å². The quantitative estimate of drug-likeness (QED) is 0.391. The predicted octanol–water partition coefficient (Wildman–Crippen LogP) is 2.68. The van der Waals surface area contributed by atoms with E-state index in [-0.39, 0.29) is 23.7 Å². The van der Waals surface area contributed by atoms with Crippen LogP contribution in [0.3, 0.4) is 0 Å². The Kier molecular flexibility index (Phi) is 7.81. The Balaban J connectivity index is 1.64. The largest absolute Gasteiger partial charge is 0.354 e. The molecule has 0 aliphatic carbocycles. The second-order valence-electron chi connectivity index (χ2n) is 5.88. The van der Waals surface area contributed by atoms with Crippen molar-refractivity contribution in [1.82, 2.24) is 10.6 Å². The van der Waals surface area contributed by atoms with Crippen LogP contribution in [-0.2, 0) is 10.5 Å². The van der Waals surface area contributed by atoms with Gasteiger partial charge in [-0.3, -0.25) is 19.7 Å². The van der Waals surface area contributed by atoms with Gasteiger partial charge in [0.15, 0.2) is 0 Å². The van der Waals surface area contributed by atoms with E-state index in [1.807, 2.05) is 6.92 Å². The summed E-state index contributed by atoms with van der Waals surface area (Å²) >= 11 is 1.71. The summed E-state index contributed by atoms with van der Waals surface area (Å²) < 4.78 is 0.